The van der Waals surface area contributed by atoms with Crippen LogP contribution in [0.4, 0.5) is 52.7 Å². The third kappa shape index (κ3) is 7.14. The van der Waals surface area contributed by atoms with Crippen LogP contribution in [0.2, 0.25) is 0 Å². The zero-order valence-corrected chi connectivity index (χ0v) is 26.6. The molecule has 50 heavy (non-hydrogen) atoms. The first-order valence-electron chi connectivity index (χ1n) is 14.1. The molecule has 5 rings (SSSR count). The molecule has 0 aliphatic rings. The summed E-state index contributed by atoms with van der Waals surface area (Å²) in [5, 5.41) is -1.07. The summed E-state index contributed by atoms with van der Waals surface area (Å²) < 4.78 is 189. The van der Waals surface area contributed by atoms with Gasteiger partial charge in [0.05, 0.1) is 22.3 Å². The van der Waals surface area contributed by atoms with E-state index in [4.69, 9.17) is 0 Å². The minimum absolute atomic E-state index is 0.132. The SMILES string of the molecule is O=P(c1ccc(C(F)(F)F)cc1)(c1ccc(C(F)(F)F)cc1)c1ccc(P(=O)(c2ccc(C(F)(F)F)cc2)c2ccc(C(F)(F)F)cc2)cc1. The van der Waals surface area contributed by atoms with Gasteiger partial charge in [0.2, 0.25) is 0 Å². The molecule has 0 aromatic heterocycles. The lowest BCUT2D eigenvalue weighted by Gasteiger charge is -2.24. The van der Waals surface area contributed by atoms with Gasteiger partial charge in [-0.05, 0) is 48.5 Å². The Morgan fingerprint density at radius 2 is 0.380 bits per heavy atom. The summed E-state index contributed by atoms with van der Waals surface area (Å²) in [6, 6.07) is 17.0. The van der Waals surface area contributed by atoms with Gasteiger partial charge in [-0.25, -0.2) is 0 Å². The van der Waals surface area contributed by atoms with E-state index in [-0.39, 0.29) is 31.8 Å². The summed E-state index contributed by atoms with van der Waals surface area (Å²) in [5.41, 5.74) is -4.37. The van der Waals surface area contributed by atoms with E-state index in [0.717, 1.165) is 72.8 Å². The van der Waals surface area contributed by atoms with E-state index in [9.17, 15) is 61.8 Å². The van der Waals surface area contributed by atoms with Gasteiger partial charge in [-0.2, -0.15) is 52.7 Å². The van der Waals surface area contributed by atoms with E-state index in [0.29, 0.717) is 48.5 Å². The second-order valence-corrected chi connectivity index (χ2v) is 16.4. The van der Waals surface area contributed by atoms with Crippen molar-refractivity contribution in [2.24, 2.45) is 0 Å². The van der Waals surface area contributed by atoms with Crippen molar-refractivity contribution in [3.8, 4) is 0 Å². The van der Waals surface area contributed by atoms with Crippen molar-refractivity contribution in [2.45, 2.75) is 24.7 Å². The highest BCUT2D eigenvalue weighted by Gasteiger charge is 2.38. The molecule has 0 saturated carbocycles. The molecule has 5 aromatic rings. The van der Waals surface area contributed by atoms with E-state index in [1.807, 2.05) is 0 Å². The Morgan fingerprint density at radius 3 is 0.500 bits per heavy atom. The first-order valence-corrected chi connectivity index (χ1v) is 17.5. The Bertz CT molecular complexity index is 1790. The lowest BCUT2D eigenvalue weighted by Crippen LogP contribution is -2.29. The first kappa shape index (κ1) is 37.0. The maximum atomic E-state index is 14.9. The lowest BCUT2D eigenvalue weighted by atomic mass is 10.2. The molecule has 0 aliphatic heterocycles. The van der Waals surface area contributed by atoms with E-state index < -0.39 is 61.2 Å². The number of benzene rings is 5. The molecular weight excluding hydrogens is 730 g/mol. The zero-order valence-electron chi connectivity index (χ0n) is 24.8. The molecule has 0 aliphatic carbocycles. The highest BCUT2D eigenvalue weighted by Crippen LogP contribution is 2.47. The van der Waals surface area contributed by atoms with Crippen molar-refractivity contribution in [1.82, 2.24) is 0 Å². The second-order valence-electron chi connectivity index (χ2n) is 10.9. The van der Waals surface area contributed by atoms with Gasteiger partial charge in [-0.3, -0.25) is 0 Å². The molecule has 0 amide bonds. The normalized spacial score (nSPS) is 13.4. The number of alkyl halides is 12. The molecule has 0 radical (unpaired) electrons. The highest BCUT2D eigenvalue weighted by molar-refractivity contribution is 7.86. The summed E-state index contributed by atoms with van der Waals surface area (Å²) in [4.78, 5) is 0. The molecule has 262 valence electrons. The minimum Gasteiger partial charge on any atom is -0.309 e. The molecule has 5 aromatic carbocycles. The highest BCUT2D eigenvalue weighted by atomic mass is 31.2. The second kappa shape index (κ2) is 12.8. The van der Waals surface area contributed by atoms with Crippen LogP contribution in [0.1, 0.15) is 22.3 Å². The third-order valence-corrected chi connectivity index (χ3v) is 14.0. The molecule has 0 atom stereocenters. The van der Waals surface area contributed by atoms with Gasteiger partial charge in [0, 0.05) is 31.8 Å². The van der Waals surface area contributed by atoms with Gasteiger partial charge in [0.1, 0.15) is 0 Å². The summed E-state index contributed by atoms with van der Waals surface area (Å²) in [6.07, 6.45) is -19.1. The van der Waals surface area contributed by atoms with Gasteiger partial charge in [-0.15, -0.1) is 0 Å². The average Bonchev–Trinajstić information content (AvgIpc) is 3.06. The van der Waals surface area contributed by atoms with Crippen molar-refractivity contribution in [3.63, 3.8) is 0 Å². The van der Waals surface area contributed by atoms with Crippen LogP contribution in [0.5, 0.6) is 0 Å². The minimum atomic E-state index is -4.77. The predicted molar refractivity (Wildman–Crippen MR) is 165 cm³/mol. The van der Waals surface area contributed by atoms with Crippen LogP contribution < -0.4 is 31.8 Å². The van der Waals surface area contributed by atoms with Crippen molar-refractivity contribution >= 4 is 46.1 Å². The molecule has 0 fully saturated rings. The number of hydrogen-bond donors (Lipinski definition) is 0. The van der Waals surface area contributed by atoms with E-state index in [1.165, 1.54) is 0 Å². The fourth-order valence-corrected chi connectivity index (χ4v) is 10.4. The quantitative estimate of drug-likeness (QED) is 0.128. The fraction of sp³-hybridized carbons (Fsp3) is 0.118. The van der Waals surface area contributed by atoms with Gasteiger partial charge in [0.25, 0.3) is 0 Å². The van der Waals surface area contributed by atoms with Crippen LogP contribution in [0.15, 0.2) is 121 Å². The Kier molecular flexibility index (Phi) is 9.47. The predicted octanol–water partition coefficient (Wildman–Crippen LogP) is 9.04. The van der Waals surface area contributed by atoms with E-state index in [1.54, 1.807) is 0 Å². The Morgan fingerprint density at radius 1 is 0.260 bits per heavy atom. The zero-order chi connectivity index (χ0) is 36.9. The van der Waals surface area contributed by atoms with Crippen molar-refractivity contribution < 1.29 is 61.8 Å². The molecule has 0 unspecified atom stereocenters. The molecule has 16 heteroatoms. The summed E-state index contributed by atoms with van der Waals surface area (Å²) in [6.45, 7) is 0. The topological polar surface area (TPSA) is 34.1 Å². The largest absolute Gasteiger partial charge is 0.416 e. The standard InChI is InChI=1S/C34H20F12O2P2/c35-31(36,37)21-1-9-25(10-2-21)49(47,26-11-3-22(4-12-26)32(38,39)40)29-17-19-30(20-18-29)50(48,27-13-5-23(6-14-27)33(41,42)43)28-15-7-24(8-16-28)34(44,45)46/h1-20H. The van der Waals surface area contributed by atoms with Crippen LogP contribution in [0.25, 0.3) is 0 Å². The van der Waals surface area contributed by atoms with Crippen LogP contribution in [0, 0.1) is 0 Å². The number of rotatable bonds is 6. The fourth-order valence-electron chi connectivity index (χ4n) is 5.21. The molecule has 0 heterocycles. The van der Waals surface area contributed by atoms with Gasteiger partial charge in [0.15, 0.2) is 14.3 Å². The van der Waals surface area contributed by atoms with Gasteiger partial charge < -0.3 is 9.13 Å². The van der Waals surface area contributed by atoms with Crippen LogP contribution in [0.3, 0.4) is 0 Å². The Balaban J connectivity index is 1.68. The Hall–Kier alpha value is -4.28. The summed E-state index contributed by atoms with van der Waals surface area (Å²) in [7, 11) is -8.52. The van der Waals surface area contributed by atoms with Gasteiger partial charge >= 0.3 is 24.7 Å². The summed E-state index contributed by atoms with van der Waals surface area (Å²) >= 11 is 0. The molecule has 2 nitrogen and oxygen atoms in total. The van der Waals surface area contributed by atoms with E-state index in [2.05, 4.69) is 0 Å². The smallest absolute Gasteiger partial charge is 0.309 e. The molecular formula is C34H20F12O2P2. The third-order valence-electron chi connectivity index (χ3n) is 7.81. The summed E-state index contributed by atoms with van der Waals surface area (Å²) in [5.74, 6) is 0. The molecule has 0 bridgehead atoms. The maximum absolute atomic E-state index is 14.9. The number of hydrogen-bond acceptors (Lipinski definition) is 2. The Labute approximate surface area is 276 Å². The molecule has 0 N–H and O–H groups in total. The van der Waals surface area contributed by atoms with Crippen molar-refractivity contribution in [3.05, 3.63) is 144 Å². The van der Waals surface area contributed by atoms with Crippen molar-refractivity contribution in [2.75, 3.05) is 0 Å². The maximum Gasteiger partial charge on any atom is 0.416 e. The first-order chi connectivity index (χ1) is 23.1. The van der Waals surface area contributed by atoms with Crippen molar-refractivity contribution in [1.29, 1.82) is 0 Å². The van der Waals surface area contributed by atoms with Crippen LogP contribution in [-0.2, 0) is 33.8 Å². The molecule has 0 saturated heterocycles. The van der Waals surface area contributed by atoms with Gasteiger partial charge in [-0.1, -0.05) is 72.8 Å². The van der Waals surface area contributed by atoms with Crippen LogP contribution >= 0.6 is 14.3 Å². The monoisotopic (exact) mass is 750 g/mol. The lowest BCUT2D eigenvalue weighted by molar-refractivity contribution is -0.138. The number of halogens is 12. The van der Waals surface area contributed by atoms with Crippen LogP contribution in [-0.4, -0.2) is 0 Å². The molecule has 0 spiro atoms. The average molecular weight is 750 g/mol. The van der Waals surface area contributed by atoms with E-state index >= 15 is 0 Å².